The number of imidazole rings is 1. The molecule has 8 heteroatoms. The van der Waals surface area contributed by atoms with E-state index in [4.69, 9.17) is 5.11 Å². The van der Waals surface area contributed by atoms with Gasteiger partial charge in [-0.3, -0.25) is 19.4 Å². The number of H-pyrrole nitrogens is 1. The summed E-state index contributed by atoms with van der Waals surface area (Å²) < 4.78 is 0. The molecule has 2 fully saturated rings. The van der Waals surface area contributed by atoms with Crippen LogP contribution >= 0.6 is 0 Å². The summed E-state index contributed by atoms with van der Waals surface area (Å²) >= 11 is 0. The first-order valence-electron chi connectivity index (χ1n) is 8.39. The van der Waals surface area contributed by atoms with Gasteiger partial charge in [0.25, 0.3) is 0 Å². The Labute approximate surface area is 141 Å². The van der Waals surface area contributed by atoms with E-state index < -0.39 is 5.97 Å². The first kappa shape index (κ1) is 16.9. The van der Waals surface area contributed by atoms with Crippen LogP contribution in [0.2, 0.25) is 0 Å². The number of carbonyl (C=O) groups is 2. The van der Waals surface area contributed by atoms with Crippen LogP contribution < -0.4 is 0 Å². The molecule has 2 N–H and O–H groups in total. The zero-order valence-corrected chi connectivity index (χ0v) is 14.1. The summed E-state index contributed by atoms with van der Waals surface area (Å²) in [6, 6.07) is 0. The van der Waals surface area contributed by atoms with E-state index in [1.54, 1.807) is 6.33 Å². The fourth-order valence-electron chi connectivity index (χ4n) is 3.85. The molecule has 1 amide bonds. The number of carboxylic acids is 1. The number of piperazine rings is 1. The molecule has 0 bridgehead atoms. The highest BCUT2D eigenvalue weighted by molar-refractivity contribution is 5.81. The average Bonchev–Trinajstić information content (AvgIpc) is 3.00. The molecule has 2 aliphatic rings. The minimum atomic E-state index is -0.947. The fourth-order valence-corrected chi connectivity index (χ4v) is 3.85. The second-order valence-corrected chi connectivity index (χ2v) is 6.89. The Bertz CT molecular complexity index is 591. The summed E-state index contributed by atoms with van der Waals surface area (Å²) in [5.74, 6) is -0.995. The molecule has 1 spiro atoms. The van der Waals surface area contributed by atoms with Crippen molar-refractivity contribution >= 4 is 11.9 Å². The standard InChI is InChI=1S/C16H25N5O3/c1-19-6-7-20(9-13-8-17-12-18-13)11-16(19)3-2-14(22)21(5-4-16)10-15(23)24/h8,12H,2-7,9-11H2,1H3,(H,17,18)(H,23,24)/t16-/m1/s1. The van der Waals surface area contributed by atoms with Crippen molar-refractivity contribution in [2.24, 2.45) is 0 Å². The van der Waals surface area contributed by atoms with E-state index in [0.717, 1.165) is 44.7 Å². The summed E-state index contributed by atoms with van der Waals surface area (Å²) in [6.45, 7) is 3.94. The zero-order chi connectivity index (χ0) is 17.2. The Morgan fingerprint density at radius 1 is 1.38 bits per heavy atom. The van der Waals surface area contributed by atoms with E-state index in [0.29, 0.717) is 13.0 Å². The Kier molecular flexibility index (Phi) is 4.86. The normalized spacial score (nSPS) is 26.7. The molecule has 1 atom stereocenters. The van der Waals surface area contributed by atoms with Crippen LogP contribution in [-0.4, -0.2) is 87.0 Å². The molecule has 2 aliphatic heterocycles. The molecule has 2 saturated heterocycles. The van der Waals surface area contributed by atoms with Gasteiger partial charge in [0, 0.05) is 56.6 Å². The van der Waals surface area contributed by atoms with Crippen LogP contribution in [0.3, 0.4) is 0 Å². The molecule has 1 aromatic rings. The maximum Gasteiger partial charge on any atom is 0.323 e. The molecule has 8 nitrogen and oxygen atoms in total. The molecule has 0 radical (unpaired) electrons. The topological polar surface area (TPSA) is 92.8 Å². The number of carboxylic acid groups (broad SMARTS) is 1. The van der Waals surface area contributed by atoms with E-state index >= 15 is 0 Å². The first-order valence-corrected chi connectivity index (χ1v) is 8.39. The predicted molar refractivity (Wildman–Crippen MR) is 87.3 cm³/mol. The number of aromatic amines is 1. The molecule has 24 heavy (non-hydrogen) atoms. The highest BCUT2D eigenvalue weighted by atomic mass is 16.4. The molecular weight excluding hydrogens is 310 g/mol. The second-order valence-electron chi connectivity index (χ2n) is 6.89. The SMILES string of the molecule is CN1CCN(Cc2cnc[nH]2)C[C@]12CCC(=O)N(CC(=O)O)CC2. The molecule has 132 valence electrons. The molecule has 0 unspecified atom stereocenters. The van der Waals surface area contributed by atoms with Gasteiger partial charge in [0.05, 0.1) is 6.33 Å². The van der Waals surface area contributed by atoms with Crippen LogP contribution in [0.15, 0.2) is 12.5 Å². The largest absolute Gasteiger partial charge is 0.480 e. The number of hydrogen-bond acceptors (Lipinski definition) is 5. The quantitative estimate of drug-likeness (QED) is 0.804. The third-order valence-electron chi connectivity index (χ3n) is 5.36. The van der Waals surface area contributed by atoms with Crippen molar-refractivity contribution in [1.29, 1.82) is 0 Å². The van der Waals surface area contributed by atoms with Crippen LogP contribution in [0.25, 0.3) is 0 Å². The van der Waals surface area contributed by atoms with Crippen molar-refractivity contribution < 1.29 is 14.7 Å². The fraction of sp³-hybridized carbons (Fsp3) is 0.688. The molecule has 0 aromatic carbocycles. The minimum absolute atomic E-state index is 0.0478. The van der Waals surface area contributed by atoms with E-state index in [9.17, 15) is 9.59 Å². The van der Waals surface area contributed by atoms with Crippen molar-refractivity contribution in [2.45, 2.75) is 31.3 Å². The third kappa shape index (κ3) is 3.59. The van der Waals surface area contributed by atoms with Crippen LogP contribution in [0.1, 0.15) is 25.0 Å². The van der Waals surface area contributed by atoms with Crippen molar-refractivity contribution in [3.63, 3.8) is 0 Å². The van der Waals surface area contributed by atoms with Crippen molar-refractivity contribution in [3.8, 4) is 0 Å². The Morgan fingerprint density at radius 3 is 2.92 bits per heavy atom. The Hall–Kier alpha value is -1.93. The van der Waals surface area contributed by atoms with E-state index in [2.05, 4.69) is 26.8 Å². The number of likely N-dealkylation sites (tertiary alicyclic amines) is 1. The number of nitrogens with one attached hydrogen (secondary N) is 1. The number of aliphatic carboxylic acids is 1. The van der Waals surface area contributed by atoms with E-state index in [1.165, 1.54) is 4.90 Å². The lowest BCUT2D eigenvalue weighted by Gasteiger charge is -2.49. The molecule has 3 heterocycles. The minimum Gasteiger partial charge on any atom is -0.480 e. The summed E-state index contributed by atoms with van der Waals surface area (Å²) in [7, 11) is 2.12. The number of aromatic nitrogens is 2. The first-order chi connectivity index (χ1) is 11.5. The monoisotopic (exact) mass is 335 g/mol. The van der Waals surface area contributed by atoms with Gasteiger partial charge >= 0.3 is 5.97 Å². The number of rotatable bonds is 4. The highest BCUT2D eigenvalue weighted by Crippen LogP contribution is 2.32. The molecule has 0 aliphatic carbocycles. The lowest BCUT2D eigenvalue weighted by atomic mass is 9.86. The van der Waals surface area contributed by atoms with Gasteiger partial charge in [0.1, 0.15) is 6.54 Å². The zero-order valence-electron chi connectivity index (χ0n) is 14.1. The van der Waals surface area contributed by atoms with Crippen LogP contribution in [0.5, 0.6) is 0 Å². The predicted octanol–water partition coefficient (Wildman–Crippen LogP) is -0.00700. The van der Waals surface area contributed by atoms with Crippen molar-refractivity contribution in [2.75, 3.05) is 39.8 Å². The van der Waals surface area contributed by atoms with Crippen LogP contribution in [0, 0.1) is 0 Å². The summed E-state index contributed by atoms with van der Waals surface area (Å²) in [4.78, 5) is 36.6. The number of nitrogens with zero attached hydrogens (tertiary/aromatic N) is 4. The van der Waals surface area contributed by atoms with Gasteiger partial charge in [0.2, 0.25) is 5.91 Å². The number of likely N-dealkylation sites (N-methyl/N-ethyl adjacent to an activating group) is 1. The Balaban J connectivity index is 1.69. The van der Waals surface area contributed by atoms with Gasteiger partial charge in [-0.1, -0.05) is 0 Å². The molecule has 1 aromatic heterocycles. The van der Waals surface area contributed by atoms with E-state index in [1.807, 2.05) is 6.20 Å². The Morgan fingerprint density at radius 2 is 2.21 bits per heavy atom. The number of hydrogen-bond donors (Lipinski definition) is 2. The van der Waals surface area contributed by atoms with Gasteiger partial charge in [-0.05, 0) is 19.9 Å². The maximum absolute atomic E-state index is 12.2. The molecule has 3 rings (SSSR count). The molecular formula is C16H25N5O3. The highest BCUT2D eigenvalue weighted by Gasteiger charge is 2.42. The summed E-state index contributed by atoms with van der Waals surface area (Å²) in [5, 5.41) is 8.99. The van der Waals surface area contributed by atoms with Crippen molar-refractivity contribution in [3.05, 3.63) is 18.2 Å². The summed E-state index contributed by atoms with van der Waals surface area (Å²) in [6.07, 6.45) is 5.53. The lowest BCUT2D eigenvalue weighted by molar-refractivity contribution is -0.144. The number of amides is 1. The third-order valence-corrected chi connectivity index (χ3v) is 5.36. The van der Waals surface area contributed by atoms with Crippen LogP contribution in [-0.2, 0) is 16.1 Å². The van der Waals surface area contributed by atoms with Gasteiger partial charge < -0.3 is 15.0 Å². The smallest absolute Gasteiger partial charge is 0.323 e. The maximum atomic E-state index is 12.2. The average molecular weight is 335 g/mol. The van der Waals surface area contributed by atoms with Crippen LogP contribution in [0.4, 0.5) is 0 Å². The van der Waals surface area contributed by atoms with Gasteiger partial charge in [-0.15, -0.1) is 0 Å². The van der Waals surface area contributed by atoms with Gasteiger partial charge in [0.15, 0.2) is 0 Å². The molecule has 0 saturated carbocycles. The summed E-state index contributed by atoms with van der Waals surface area (Å²) in [5.41, 5.74) is 1.02. The van der Waals surface area contributed by atoms with E-state index in [-0.39, 0.29) is 18.0 Å². The number of carbonyl (C=O) groups excluding carboxylic acids is 1. The van der Waals surface area contributed by atoms with Crippen molar-refractivity contribution in [1.82, 2.24) is 24.7 Å². The second kappa shape index (κ2) is 6.90. The van der Waals surface area contributed by atoms with Gasteiger partial charge in [-0.25, -0.2) is 4.98 Å². The van der Waals surface area contributed by atoms with Gasteiger partial charge in [-0.2, -0.15) is 0 Å². The lowest BCUT2D eigenvalue weighted by Crippen LogP contribution is -2.60.